The van der Waals surface area contributed by atoms with Crippen LogP contribution in [0.5, 0.6) is 0 Å². The summed E-state index contributed by atoms with van der Waals surface area (Å²) in [4.78, 5) is 13.4. The molecule has 0 aromatic rings. The van der Waals surface area contributed by atoms with Crippen LogP contribution >= 0.6 is 0 Å². The second kappa shape index (κ2) is 4.75. The highest BCUT2D eigenvalue weighted by atomic mass is 16.5. The third-order valence-corrected chi connectivity index (χ3v) is 2.81. The molecule has 1 aliphatic rings. The van der Waals surface area contributed by atoms with Crippen molar-refractivity contribution in [1.82, 2.24) is 4.90 Å². The van der Waals surface area contributed by atoms with Crippen LogP contribution in [0.3, 0.4) is 0 Å². The Morgan fingerprint density at radius 3 is 2.71 bits per heavy atom. The molecule has 1 rings (SSSR count). The van der Waals surface area contributed by atoms with Crippen molar-refractivity contribution in [2.45, 2.75) is 32.4 Å². The van der Waals surface area contributed by atoms with Gasteiger partial charge in [0.1, 0.15) is 6.04 Å². The summed E-state index contributed by atoms with van der Waals surface area (Å²) in [5.41, 5.74) is 5.90. The number of piperidine rings is 1. The summed E-state index contributed by atoms with van der Waals surface area (Å²) >= 11 is 0. The molecule has 3 unspecified atom stereocenters. The van der Waals surface area contributed by atoms with Crippen molar-refractivity contribution in [2.24, 2.45) is 11.7 Å². The highest BCUT2D eigenvalue weighted by Gasteiger charge is 2.29. The Kier molecular flexibility index (Phi) is 3.89. The zero-order valence-electron chi connectivity index (χ0n) is 9.19. The fraction of sp³-hybridized carbons (Fsp3) is 0.900. The Balaban J connectivity index is 2.54. The third-order valence-electron chi connectivity index (χ3n) is 2.81. The van der Waals surface area contributed by atoms with Crippen LogP contribution in [-0.2, 0) is 9.53 Å². The number of methoxy groups -OCH3 is 1. The highest BCUT2D eigenvalue weighted by Crippen LogP contribution is 2.17. The molecular formula is C10H20N2O2. The number of esters is 1. The van der Waals surface area contributed by atoms with Gasteiger partial charge < -0.3 is 10.5 Å². The van der Waals surface area contributed by atoms with Crippen LogP contribution in [0.15, 0.2) is 0 Å². The molecule has 14 heavy (non-hydrogen) atoms. The smallest absolute Gasteiger partial charge is 0.322 e. The standard InChI is InChI=1S/C10H20N2O2/c1-7-4-9(11)6-12(5-7)8(2)10(13)14-3/h7-9H,4-6,11H2,1-3H3. The van der Waals surface area contributed by atoms with Gasteiger partial charge >= 0.3 is 5.97 Å². The largest absolute Gasteiger partial charge is 0.468 e. The Bertz CT molecular complexity index is 198. The van der Waals surface area contributed by atoms with Gasteiger partial charge in [0.25, 0.3) is 0 Å². The molecular weight excluding hydrogens is 180 g/mol. The SMILES string of the molecule is COC(=O)C(C)N1CC(C)CC(N)C1. The fourth-order valence-corrected chi connectivity index (χ4v) is 2.08. The van der Waals surface area contributed by atoms with E-state index in [1.807, 2.05) is 6.92 Å². The van der Waals surface area contributed by atoms with Gasteiger partial charge in [-0.3, -0.25) is 9.69 Å². The molecule has 0 aromatic heterocycles. The van der Waals surface area contributed by atoms with Crippen LogP contribution in [0.2, 0.25) is 0 Å². The summed E-state index contributed by atoms with van der Waals surface area (Å²) in [6, 6.07) is 0.0136. The highest BCUT2D eigenvalue weighted by molar-refractivity contribution is 5.75. The van der Waals surface area contributed by atoms with Gasteiger partial charge in [-0.25, -0.2) is 0 Å². The number of carbonyl (C=O) groups is 1. The Morgan fingerprint density at radius 2 is 2.21 bits per heavy atom. The first-order valence-corrected chi connectivity index (χ1v) is 5.12. The van der Waals surface area contributed by atoms with Gasteiger partial charge in [0.2, 0.25) is 0 Å². The Morgan fingerprint density at radius 1 is 1.57 bits per heavy atom. The molecule has 4 heteroatoms. The van der Waals surface area contributed by atoms with Crippen molar-refractivity contribution in [3.05, 3.63) is 0 Å². The number of ether oxygens (including phenoxy) is 1. The zero-order valence-corrected chi connectivity index (χ0v) is 9.19. The number of likely N-dealkylation sites (tertiary alicyclic amines) is 1. The van der Waals surface area contributed by atoms with Crippen molar-refractivity contribution in [1.29, 1.82) is 0 Å². The fourth-order valence-electron chi connectivity index (χ4n) is 2.08. The minimum Gasteiger partial charge on any atom is -0.468 e. The third kappa shape index (κ3) is 2.69. The van der Waals surface area contributed by atoms with Crippen molar-refractivity contribution in [3.8, 4) is 0 Å². The maximum absolute atomic E-state index is 11.3. The van der Waals surface area contributed by atoms with Gasteiger partial charge in [-0.05, 0) is 19.3 Å². The van der Waals surface area contributed by atoms with Gasteiger partial charge in [0.05, 0.1) is 7.11 Å². The van der Waals surface area contributed by atoms with Gasteiger partial charge in [-0.2, -0.15) is 0 Å². The molecule has 0 aromatic carbocycles. The summed E-state index contributed by atoms with van der Waals surface area (Å²) in [6.07, 6.45) is 1.05. The predicted molar refractivity (Wildman–Crippen MR) is 54.8 cm³/mol. The summed E-state index contributed by atoms with van der Waals surface area (Å²) in [6.45, 7) is 5.76. The van der Waals surface area contributed by atoms with E-state index in [4.69, 9.17) is 10.5 Å². The van der Waals surface area contributed by atoms with Gasteiger partial charge in [0.15, 0.2) is 0 Å². The van der Waals surface area contributed by atoms with E-state index in [-0.39, 0.29) is 18.1 Å². The molecule has 1 saturated heterocycles. The summed E-state index contributed by atoms with van der Waals surface area (Å²) in [5, 5.41) is 0. The average molecular weight is 200 g/mol. The van der Waals surface area contributed by atoms with Crippen LogP contribution in [0.4, 0.5) is 0 Å². The van der Waals surface area contributed by atoms with E-state index in [1.165, 1.54) is 7.11 Å². The van der Waals surface area contributed by atoms with Crippen LogP contribution in [0.1, 0.15) is 20.3 Å². The van der Waals surface area contributed by atoms with E-state index in [0.717, 1.165) is 19.5 Å². The molecule has 0 amide bonds. The first kappa shape index (κ1) is 11.5. The average Bonchev–Trinajstić information content (AvgIpc) is 2.14. The normalized spacial score (nSPS) is 31.1. The van der Waals surface area contributed by atoms with E-state index >= 15 is 0 Å². The van der Waals surface area contributed by atoms with Gasteiger partial charge in [-0.15, -0.1) is 0 Å². The molecule has 0 saturated carbocycles. The quantitative estimate of drug-likeness (QED) is 0.648. The summed E-state index contributed by atoms with van der Waals surface area (Å²) in [7, 11) is 1.42. The van der Waals surface area contributed by atoms with E-state index < -0.39 is 0 Å². The van der Waals surface area contributed by atoms with E-state index in [0.29, 0.717) is 5.92 Å². The number of rotatable bonds is 2. The molecule has 0 aliphatic carbocycles. The first-order valence-electron chi connectivity index (χ1n) is 5.12. The molecule has 0 bridgehead atoms. The van der Waals surface area contributed by atoms with E-state index in [1.54, 1.807) is 0 Å². The summed E-state index contributed by atoms with van der Waals surface area (Å²) < 4.78 is 4.71. The number of carbonyl (C=O) groups excluding carboxylic acids is 1. The van der Waals surface area contributed by atoms with E-state index in [9.17, 15) is 4.79 Å². The second-order valence-electron chi connectivity index (χ2n) is 4.25. The molecule has 2 N–H and O–H groups in total. The number of hydrogen-bond donors (Lipinski definition) is 1. The van der Waals surface area contributed by atoms with Gasteiger partial charge in [-0.1, -0.05) is 6.92 Å². The number of nitrogens with zero attached hydrogens (tertiary/aromatic N) is 1. The molecule has 82 valence electrons. The lowest BCUT2D eigenvalue weighted by atomic mass is 9.95. The van der Waals surface area contributed by atoms with Crippen molar-refractivity contribution in [3.63, 3.8) is 0 Å². The second-order valence-corrected chi connectivity index (χ2v) is 4.25. The lowest BCUT2D eigenvalue weighted by Crippen LogP contribution is -2.52. The lowest BCUT2D eigenvalue weighted by Gasteiger charge is -2.37. The predicted octanol–water partition coefficient (Wildman–Crippen LogP) is 0.217. The monoisotopic (exact) mass is 200 g/mol. The first-order chi connectivity index (χ1) is 6.54. The topological polar surface area (TPSA) is 55.6 Å². The van der Waals surface area contributed by atoms with Gasteiger partial charge in [0, 0.05) is 19.1 Å². The minimum atomic E-state index is -0.175. The maximum atomic E-state index is 11.3. The molecule has 1 heterocycles. The zero-order chi connectivity index (χ0) is 10.7. The molecule has 1 fully saturated rings. The van der Waals surface area contributed by atoms with Crippen LogP contribution in [0.25, 0.3) is 0 Å². The molecule has 0 radical (unpaired) electrons. The molecule has 1 aliphatic heterocycles. The lowest BCUT2D eigenvalue weighted by molar-refractivity contribution is -0.147. The molecule has 3 atom stereocenters. The van der Waals surface area contributed by atoms with Crippen molar-refractivity contribution in [2.75, 3.05) is 20.2 Å². The maximum Gasteiger partial charge on any atom is 0.322 e. The molecule has 0 spiro atoms. The Labute approximate surface area is 85.4 Å². The van der Waals surface area contributed by atoms with Crippen LogP contribution in [0, 0.1) is 5.92 Å². The van der Waals surface area contributed by atoms with Crippen LogP contribution in [-0.4, -0.2) is 43.2 Å². The van der Waals surface area contributed by atoms with E-state index in [2.05, 4.69) is 11.8 Å². The van der Waals surface area contributed by atoms with Crippen LogP contribution < -0.4 is 5.73 Å². The van der Waals surface area contributed by atoms with Crippen molar-refractivity contribution >= 4 is 5.97 Å². The minimum absolute atomic E-state index is 0.172. The number of nitrogens with two attached hydrogens (primary N) is 1. The van der Waals surface area contributed by atoms with Crippen molar-refractivity contribution < 1.29 is 9.53 Å². The molecule has 4 nitrogen and oxygen atoms in total. The number of hydrogen-bond acceptors (Lipinski definition) is 4. The Hall–Kier alpha value is -0.610. The summed E-state index contributed by atoms with van der Waals surface area (Å²) in [5.74, 6) is 0.386.